The molecule has 3 N–H and O–H groups in total. The highest BCUT2D eigenvalue weighted by Gasteiger charge is 2.22. The molecule has 0 saturated heterocycles. The van der Waals surface area contributed by atoms with Crippen LogP contribution in [0.4, 0.5) is 0 Å². The summed E-state index contributed by atoms with van der Waals surface area (Å²) >= 11 is 13.0. The lowest BCUT2D eigenvalue weighted by Crippen LogP contribution is -2.00. The molecule has 26 heavy (non-hydrogen) atoms. The molecule has 4 nitrogen and oxygen atoms in total. The van der Waals surface area contributed by atoms with Crippen LogP contribution < -0.4 is 15.2 Å². The number of fused-ring (bicyclic) bond motifs is 1. The summed E-state index contributed by atoms with van der Waals surface area (Å²) in [6.07, 6.45) is 2.72. The zero-order valence-corrected chi connectivity index (χ0v) is 16.4. The maximum Gasteiger partial charge on any atom is 0.131 e. The third kappa shape index (κ3) is 3.37. The number of methoxy groups -OCH3 is 2. The van der Waals surface area contributed by atoms with Gasteiger partial charge in [0, 0.05) is 5.39 Å². The van der Waals surface area contributed by atoms with Crippen molar-refractivity contribution in [2.45, 2.75) is 19.3 Å². The molecular weight excluding hydrogens is 371 g/mol. The van der Waals surface area contributed by atoms with E-state index >= 15 is 0 Å². The Balaban J connectivity index is 2.31. The number of nitrogens with one attached hydrogen (secondary N) is 1. The Kier molecular flexibility index (Phi) is 5.97. The van der Waals surface area contributed by atoms with E-state index in [4.69, 9.17) is 38.4 Å². The van der Waals surface area contributed by atoms with Crippen molar-refractivity contribution in [2.24, 2.45) is 5.73 Å². The van der Waals surface area contributed by atoms with Crippen LogP contribution in [-0.2, 0) is 6.42 Å². The lowest BCUT2D eigenvalue weighted by atomic mass is 9.99. The van der Waals surface area contributed by atoms with Crippen molar-refractivity contribution in [1.29, 1.82) is 0 Å². The number of aryl methyl sites for hydroxylation is 1. The van der Waals surface area contributed by atoms with Crippen LogP contribution in [0.25, 0.3) is 22.2 Å². The average molecular weight is 393 g/mol. The maximum atomic E-state index is 6.53. The normalized spacial score (nSPS) is 11.1. The molecule has 3 aromatic rings. The summed E-state index contributed by atoms with van der Waals surface area (Å²) in [7, 11) is 3.30. The number of ether oxygens (including phenoxy) is 2. The molecule has 0 bridgehead atoms. The first-order valence-electron chi connectivity index (χ1n) is 8.52. The van der Waals surface area contributed by atoms with Gasteiger partial charge in [0.05, 0.1) is 41.0 Å². The van der Waals surface area contributed by atoms with Crippen molar-refractivity contribution in [3.05, 3.63) is 45.9 Å². The van der Waals surface area contributed by atoms with E-state index < -0.39 is 0 Å². The van der Waals surface area contributed by atoms with Gasteiger partial charge in [-0.1, -0.05) is 29.3 Å². The first kappa shape index (κ1) is 18.9. The van der Waals surface area contributed by atoms with Crippen LogP contribution in [0.2, 0.25) is 10.0 Å². The minimum absolute atomic E-state index is 0.629. The van der Waals surface area contributed by atoms with E-state index in [2.05, 4.69) is 4.98 Å². The Labute approximate surface area is 163 Å². The zero-order chi connectivity index (χ0) is 18.7. The smallest absolute Gasteiger partial charge is 0.131 e. The number of nitrogens with two attached hydrogens (primary N) is 1. The second-order valence-electron chi connectivity index (χ2n) is 6.04. The van der Waals surface area contributed by atoms with Crippen LogP contribution in [0, 0.1) is 0 Å². The summed E-state index contributed by atoms with van der Waals surface area (Å²) < 4.78 is 11.2. The van der Waals surface area contributed by atoms with E-state index in [1.807, 2.05) is 24.3 Å². The van der Waals surface area contributed by atoms with Gasteiger partial charge in [-0.05, 0) is 55.6 Å². The summed E-state index contributed by atoms with van der Waals surface area (Å²) in [6, 6.07) is 9.36. The Bertz CT molecular complexity index is 900. The molecule has 0 unspecified atom stereocenters. The molecular formula is C20H22Cl2N2O2. The first-order valence-corrected chi connectivity index (χ1v) is 9.28. The van der Waals surface area contributed by atoms with Gasteiger partial charge in [-0.3, -0.25) is 0 Å². The molecule has 0 saturated carbocycles. The Morgan fingerprint density at radius 1 is 0.962 bits per heavy atom. The van der Waals surface area contributed by atoms with E-state index in [0.717, 1.165) is 58.5 Å². The first-order chi connectivity index (χ1) is 12.6. The zero-order valence-electron chi connectivity index (χ0n) is 14.9. The third-order valence-corrected chi connectivity index (χ3v) is 5.15. The number of aromatic amines is 1. The minimum atomic E-state index is 0.629. The predicted molar refractivity (Wildman–Crippen MR) is 109 cm³/mol. The van der Waals surface area contributed by atoms with E-state index in [-0.39, 0.29) is 0 Å². The highest BCUT2D eigenvalue weighted by atomic mass is 35.5. The second kappa shape index (κ2) is 8.21. The van der Waals surface area contributed by atoms with Gasteiger partial charge in [0.2, 0.25) is 0 Å². The lowest BCUT2D eigenvalue weighted by Gasteiger charge is -2.14. The molecule has 1 aromatic heterocycles. The monoisotopic (exact) mass is 392 g/mol. The van der Waals surface area contributed by atoms with Crippen molar-refractivity contribution < 1.29 is 9.47 Å². The molecule has 0 spiro atoms. The molecule has 0 atom stereocenters. The standard InChI is InChI=1S/C20H22Cl2N2O2/c1-25-15-7-5-8-16(26-2)18(15)19-12(6-3-4-11-23)17-13(21)9-10-14(22)20(17)24-19/h5,7-10,24H,3-4,6,11,23H2,1-2H3. The molecule has 0 fully saturated rings. The topological polar surface area (TPSA) is 60.3 Å². The molecule has 1 heterocycles. The molecule has 0 aliphatic rings. The predicted octanol–water partition coefficient (Wildman–Crippen LogP) is 5.44. The number of halogens is 2. The number of hydrogen-bond acceptors (Lipinski definition) is 3. The van der Waals surface area contributed by atoms with Crippen LogP contribution in [-0.4, -0.2) is 25.7 Å². The molecule has 138 valence electrons. The Hall–Kier alpha value is -1.88. The average Bonchev–Trinajstić information content (AvgIpc) is 3.04. The van der Waals surface area contributed by atoms with Gasteiger partial charge in [0.15, 0.2) is 0 Å². The highest BCUT2D eigenvalue weighted by Crippen LogP contribution is 2.44. The molecule has 0 aliphatic heterocycles. The van der Waals surface area contributed by atoms with E-state index in [9.17, 15) is 0 Å². The maximum absolute atomic E-state index is 6.53. The number of benzene rings is 2. The number of aromatic nitrogens is 1. The quantitative estimate of drug-likeness (QED) is 0.526. The fourth-order valence-electron chi connectivity index (χ4n) is 3.30. The van der Waals surface area contributed by atoms with Gasteiger partial charge in [0.1, 0.15) is 11.5 Å². The largest absolute Gasteiger partial charge is 0.496 e. The van der Waals surface area contributed by atoms with Gasteiger partial charge in [-0.15, -0.1) is 0 Å². The number of H-pyrrole nitrogens is 1. The van der Waals surface area contributed by atoms with Crippen LogP contribution in [0.3, 0.4) is 0 Å². The summed E-state index contributed by atoms with van der Waals surface area (Å²) in [5.74, 6) is 1.45. The van der Waals surface area contributed by atoms with E-state index in [0.29, 0.717) is 16.6 Å². The molecule has 3 rings (SSSR count). The number of hydrogen-bond donors (Lipinski definition) is 2. The third-order valence-electron chi connectivity index (χ3n) is 4.52. The fourth-order valence-corrected chi connectivity index (χ4v) is 3.78. The molecule has 2 aromatic carbocycles. The number of unbranched alkanes of at least 4 members (excludes halogenated alkanes) is 1. The van der Waals surface area contributed by atoms with Crippen molar-refractivity contribution >= 4 is 34.1 Å². The van der Waals surface area contributed by atoms with Gasteiger partial charge in [0.25, 0.3) is 0 Å². The van der Waals surface area contributed by atoms with E-state index in [1.165, 1.54) is 0 Å². The Morgan fingerprint density at radius 3 is 2.23 bits per heavy atom. The summed E-state index contributed by atoms with van der Waals surface area (Å²) in [5.41, 5.74) is 9.39. The van der Waals surface area contributed by atoms with Gasteiger partial charge in [-0.25, -0.2) is 0 Å². The molecule has 0 amide bonds. The number of rotatable bonds is 7. The second-order valence-corrected chi connectivity index (χ2v) is 6.86. The van der Waals surface area contributed by atoms with Crippen LogP contribution in [0.1, 0.15) is 18.4 Å². The van der Waals surface area contributed by atoms with Crippen LogP contribution in [0.15, 0.2) is 30.3 Å². The van der Waals surface area contributed by atoms with Gasteiger partial charge >= 0.3 is 0 Å². The lowest BCUT2D eigenvalue weighted by molar-refractivity contribution is 0.397. The highest BCUT2D eigenvalue weighted by molar-refractivity contribution is 6.40. The van der Waals surface area contributed by atoms with Gasteiger partial charge in [-0.2, -0.15) is 0 Å². The Morgan fingerprint density at radius 2 is 1.62 bits per heavy atom. The fraction of sp³-hybridized carbons (Fsp3) is 0.300. The van der Waals surface area contributed by atoms with Crippen molar-refractivity contribution in [3.63, 3.8) is 0 Å². The van der Waals surface area contributed by atoms with Crippen molar-refractivity contribution in [1.82, 2.24) is 4.98 Å². The summed E-state index contributed by atoms with van der Waals surface area (Å²) in [4.78, 5) is 3.46. The summed E-state index contributed by atoms with van der Waals surface area (Å²) in [5, 5.41) is 2.24. The van der Waals surface area contributed by atoms with Gasteiger partial charge < -0.3 is 20.2 Å². The van der Waals surface area contributed by atoms with E-state index in [1.54, 1.807) is 20.3 Å². The molecule has 6 heteroatoms. The molecule has 0 aliphatic carbocycles. The van der Waals surface area contributed by atoms with Crippen LogP contribution in [0.5, 0.6) is 11.5 Å². The minimum Gasteiger partial charge on any atom is -0.496 e. The SMILES string of the molecule is COc1cccc(OC)c1-c1[nH]c2c(Cl)ccc(Cl)c2c1CCCCN. The van der Waals surface area contributed by atoms with Crippen LogP contribution >= 0.6 is 23.2 Å². The summed E-state index contributed by atoms with van der Waals surface area (Å²) in [6.45, 7) is 0.657. The van der Waals surface area contributed by atoms with Crippen molar-refractivity contribution in [3.8, 4) is 22.8 Å². The molecule has 0 radical (unpaired) electrons. The van der Waals surface area contributed by atoms with Crippen molar-refractivity contribution in [2.75, 3.05) is 20.8 Å².